The summed E-state index contributed by atoms with van der Waals surface area (Å²) in [5, 5.41) is 11.0. The van der Waals surface area contributed by atoms with Crippen molar-refractivity contribution < 1.29 is 23.9 Å². The molecule has 0 aromatic heterocycles. The molecule has 1 heterocycles. The van der Waals surface area contributed by atoms with E-state index in [9.17, 15) is 10.1 Å². The van der Waals surface area contributed by atoms with Gasteiger partial charge in [-0.3, -0.25) is 10.1 Å². The van der Waals surface area contributed by atoms with Crippen molar-refractivity contribution in [1.82, 2.24) is 4.90 Å². The van der Waals surface area contributed by atoms with Gasteiger partial charge in [-0.1, -0.05) is 25.5 Å². The maximum absolute atomic E-state index is 11.0. The second kappa shape index (κ2) is 13.0. The number of nitro groups is 1. The minimum absolute atomic E-state index is 0.0561. The van der Waals surface area contributed by atoms with E-state index in [1.54, 1.807) is 0 Å². The summed E-state index contributed by atoms with van der Waals surface area (Å²) in [6.45, 7) is 6.06. The Kier molecular flexibility index (Phi) is 9.21. The molecule has 0 aliphatic carbocycles. The van der Waals surface area contributed by atoms with E-state index in [4.69, 9.17) is 18.9 Å². The van der Waals surface area contributed by atoms with Gasteiger partial charge in [0.05, 0.1) is 18.1 Å². The number of unbranched alkanes of at least 4 members (excludes halogenated alkanes) is 1. The van der Waals surface area contributed by atoms with Crippen LogP contribution in [0, 0.1) is 10.1 Å². The van der Waals surface area contributed by atoms with Gasteiger partial charge in [0.15, 0.2) is 11.5 Å². The van der Waals surface area contributed by atoms with E-state index in [-0.39, 0.29) is 11.8 Å². The summed E-state index contributed by atoms with van der Waals surface area (Å²) in [4.78, 5) is 13.0. The molecule has 1 aliphatic heterocycles. The minimum Gasteiger partial charge on any atom is -0.493 e. The molecule has 0 bridgehead atoms. The van der Waals surface area contributed by atoms with Gasteiger partial charge in [0.1, 0.15) is 30.0 Å². The van der Waals surface area contributed by atoms with Gasteiger partial charge in [-0.05, 0) is 73.8 Å². The fraction of sp³-hybridized carbons (Fsp3) is 0.379. The number of ether oxygens (including phenoxy) is 4. The monoisotopic (exact) mass is 506 g/mol. The van der Waals surface area contributed by atoms with E-state index in [1.807, 2.05) is 48.5 Å². The lowest BCUT2D eigenvalue weighted by Crippen LogP contribution is -2.38. The third-order valence-corrected chi connectivity index (χ3v) is 6.40. The van der Waals surface area contributed by atoms with Gasteiger partial charge in [-0.15, -0.1) is 0 Å². The zero-order valence-corrected chi connectivity index (χ0v) is 21.4. The fourth-order valence-electron chi connectivity index (χ4n) is 4.24. The largest absolute Gasteiger partial charge is 0.493 e. The zero-order valence-electron chi connectivity index (χ0n) is 21.4. The predicted octanol–water partition coefficient (Wildman–Crippen LogP) is 6.62. The van der Waals surface area contributed by atoms with Gasteiger partial charge < -0.3 is 23.8 Å². The van der Waals surface area contributed by atoms with Crippen molar-refractivity contribution in [2.45, 2.75) is 45.3 Å². The Morgan fingerprint density at radius 2 is 1.59 bits per heavy atom. The number of benzene rings is 3. The van der Waals surface area contributed by atoms with E-state index < -0.39 is 4.92 Å². The summed E-state index contributed by atoms with van der Waals surface area (Å²) >= 11 is 0. The van der Waals surface area contributed by atoms with Crippen LogP contribution in [-0.4, -0.2) is 42.7 Å². The van der Waals surface area contributed by atoms with Crippen LogP contribution in [0.25, 0.3) is 0 Å². The van der Waals surface area contributed by atoms with Crippen LogP contribution < -0.4 is 18.9 Å². The van der Waals surface area contributed by atoms with Crippen molar-refractivity contribution in [2.75, 3.05) is 26.7 Å². The fourth-order valence-corrected chi connectivity index (χ4v) is 4.24. The molecule has 0 radical (unpaired) electrons. The molecule has 196 valence electrons. The Labute approximate surface area is 217 Å². The van der Waals surface area contributed by atoms with Gasteiger partial charge >= 0.3 is 0 Å². The highest BCUT2D eigenvalue weighted by atomic mass is 16.6. The lowest BCUT2D eigenvalue weighted by Gasteiger charge is -2.32. The van der Waals surface area contributed by atoms with Crippen LogP contribution in [0.5, 0.6) is 28.7 Å². The van der Waals surface area contributed by atoms with Gasteiger partial charge in [0.2, 0.25) is 0 Å². The average molecular weight is 507 g/mol. The number of likely N-dealkylation sites (tertiary alicyclic amines) is 1. The van der Waals surface area contributed by atoms with Gasteiger partial charge in [0.25, 0.3) is 5.69 Å². The first-order chi connectivity index (χ1) is 18.0. The van der Waals surface area contributed by atoms with Crippen LogP contribution in [0.4, 0.5) is 5.69 Å². The van der Waals surface area contributed by atoms with Gasteiger partial charge in [-0.25, -0.2) is 0 Å². The molecule has 37 heavy (non-hydrogen) atoms. The maximum Gasteiger partial charge on any atom is 0.273 e. The van der Waals surface area contributed by atoms with Gasteiger partial charge in [0, 0.05) is 19.2 Å². The zero-order chi connectivity index (χ0) is 26.0. The molecular formula is C29H34N2O6. The van der Waals surface area contributed by atoms with Crippen molar-refractivity contribution in [3.63, 3.8) is 0 Å². The summed E-state index contributed by atoms with van der Waals surface area (Å²) in [5.41, 5.74) is 0.928. The lowest BCUT2D eigenvalue weighted by atomic mass is 10.1. The van der Waals surface area contributed by atoms with Crippen molar-refractivity contribution in [1.29, 1.82) is 0 Å². The number of hydrogen-bond donors (Lipinski definition) is 0. The predicted molar refractivity (Wildman–Crippen MR) is 142 cm³/mol. The highest BCUT2D eigenvalue weighted by Gasteiger charge is 2.20. The quantitative estimate of drug-likeness (QED) is 0.202. The van der Waals surface area contributed by atoms with Crippen LogP contribution >= 0.6 is 0 Å². The highest BCUT2D eigenvalue weighted by Crippen LogP contribution is 2.34. The molecule has 0 atom stereocenters. The number of methoxy groups -OCH3 is 1. The summed E-state index contributed by atoms with van der Waals surface area (Å²) in [7, 11) is 1.45. The third kappa shape index (κ3) is 7.60. The molecular weight excluding hydrogens is 472 g/mol. The molecule has 0 spiro atoms. The molecule has 3 aromatic carbocycles. The maximum atomic E-state index is 11.0. The van der Waals surface area contributed by atoms with Gasteiger partial charge in [-0.2, -0.15) is 0 Å². The van der Waals surface area contributed by atoms with Crippen LogP contribution in [-0.2, 0) is 6.61 Å². The van der Waals surface area contributed by atoms with Crippen molar-refractivity contribution in [3.8, 4) is 28.7 Å². The van der Waals surface area contributed by atoms with Crippen molar-refractivity contribution in [3.05, 3.63) is 82.4 Å². The van der Waals surface area contributed by atoms with Crippen LogP contribution in [0.3, 0.4) is 0 Å². The summed E-state index contributed by atoms with van der Waals surface area (Å²) in [5.74, 6) is 2.95. The van der Waals surface area contributed by atoms with E-state index >= 15 is 0 Å². The number of nitrogens with zero attached hydrogens (tertiary/aromatic N) is 2. The first kappa shape index (κ1) is 26.3. The number of piperidine rings is 1. The molecule has 3 aromatic rings. The van der Waals surface area contributed by atoms with E-state index in [0.29, 0.717) is 23.9 Å². The van der Waals surface area contributed by atoms with E-state index in [0.717, 1.165) is 43.0 Å². The molecule has 8 nitrogen and oxygen atoms in total. The summed E-state index contributed by atoms with van der Waals surface area (Å²) in [6.07, 6.45) is 4.92. The number of rotatable bonds is 12. The second-order valence-corrected chi connectivity index (χ2v) is 9.11. The van der Waals surface area contributed by atoms with Crippen LogP contribution in [0.15, 0.2) is 66.7 Å². The number of nitro benzene ring substituents is 1. The highest BCUT2D eigenvalue weighted by molar-refractivity contribution is 5.50. The molecule has 0 saturated carbocycles. The second-order valence-electron chi connectivity index (χ2n) is 9.11. The average Bonchev–Trinajstić information content (AvgIpc) is 2.93. The van der Waals surface area contributed by atoms with Crippen LogP contribution in [0.2, 0.25) is 0 Å². The molecule has 0 amide bonds. The third-order valence-electron chi connectivity index (χ3n) is 6.40. The summed E-state index contributed by atoms with van der Waals surface area (Å²) < 4.78 is 23.2. The molecule has 1 aliphatic rings. The molecule has 1 saturated heterocycles. The first-order valence-corrected chi connectivity index (χ1v) is 12.7. The Bertz CT molecular complexity index is 1140. The topological polar surface area (TPSA) is 83.3 Å². The SMILES string of the molecule is CCCCN1CCC(Oc2ccc(OCc3ccc(Oc4ccc([N+](=O)[O-])cc4OC)cc3)cc2)CC1. The molecule has 0 N–H and O–H groups in total. The minimum atomic E-state index is -0.472. The van der Waals surface area contributed by atoms with E-state index in [1.165, 1.54) is 44.7 Å². The smallest absolute Gasteiger partial charge is 0.273 e. The Morgan fingerprint density at radius 1 is 0.919 bits per heavy atom. The first-order valence-electron chi connectivity index (χ1n) is 12.7. The normalized spacial score (nSPS) is 14.2. The molecule has 1 fully saturated rings. The summed E-state index contributed by atoms with van der Waals surface area (Å²) in [6, 6.07) is 19.5. The molecule has 8 heteroatoms. The van der Waals surface area contributed by atoms with E-state index in [2.05, 4.69) is 11.8 Å². The Balaban J connectivity index is 1.24. The molecule has 4 rings (SSSR count). The Hall–Kier alpha value is -3.78. The standard InChI is InChI=1S/C29H34N2O6/c1-3-4-17-30-18-15-27(16-19-30)36-25-12-10-24(11-13-25)35-21-22-5-8-26(9-6-22)37-28-14-7-23(31(32)33)20-29(28)34-2/h5-14,20,27H,3-4,15-19,21H2,1-2H3. The van der Waals surface area contributed by atoms with Crippen molar-refractivity contribution in [2.24, 2.45) is 0 Å². The number of non-ortho nitro benzene ring substituents is 1. The van der Waals surface area contributed by atoms with Crippen LogP contribution in [0.1, 0.15) is 38.2 Å². The number of hydrogen-bond acceptors (Lipinski definition) is 7. The van der Waals surface area contributed by atoms with Crippen molar-refractivity contribution >= 4 is 5.69 Å². The lowest BCUT2D eigenvalue weighted by molar-refractivity contribution is -0.384. The molecule has 0 unspecified atom stereocenters. The Morgan fingerprint density at radius 3 is 2.24 bits per heavy atom.